The first-order valence-electron chi connectivity index (χ1n) is 9.55. The molecule has 0 saturated carbocycles. The number of aromatic nitrogens is 1. The van der Waals surface area contributed by atoms with Crippen molar-refractivity contribution in [1.29, 1.82) is 0 Å². The summed E-state index contributed by atoms with van der Waals surface area (Å²) in [6.45, 7) is 0. The fraction of sp³-hybridized carbons (Fsp3) is 0.125. The van der Waals surface area contributed by atoms with Crippen molar-refractivity contribution in [2.75, 3.05) is 19.1 Å². The lowest BCUT2D eigenvalue weighted by Crippen LogP contribution is -2.29. The zero-order valence-corrected chi connectivity index (χ0v) is 17.0. The molecule has 0 bridgehead atoms. The van der Waals surface area contributed by atoms with Crippen LogP contribution in [0.3, 0.4) is 0 Å². The number of aliphatic hydroxyl groups excluding tert-OH is 1. The Morgan fingerprint density at radius 1 is 1.00 bits per heavy atom. The molecule has 156 valence electrons. The second-order valence-electron chi connectivity index (χ2n) is 6.85. The highest BCUT2D eigenvalue weighted by Crippen LogP contribution is 2.45. The molecule has 1 atom stereocenters. The zero-order valence-electron chi connectivity index (χ0n) is 17.0. The van der Waals surface area contributed by atoms with Crippen LogP contribution in [-0.2, 0) is 9.59 Å². The normalized spacial score (nSPS) is 17.6. The highest BCUT2D eigenvalue weighted by atomic mass is 16.5. The molecule has 2 heterocycles. The molecular weight excluding hydrogens is 396 g/mol. The monoisotopic (exact) mass is 416 g/mol. The van der Waals surface area contributed by atoms with E-state index in [1.54, 1.807) is 66.9 Å². The van der Waals surface area contributed by atoms with Gasteiger partial charge in [0.15, 0.2) is 0 Å². The van der Waals surface area contributed by atoms with Crippen molar-refractivity contribution in [3.05, 3.63) is 89.8 Å². The highest BCUT2D eigenvalue weighted by molar-refractivity contribution is 6.51. The summed E-state index contributed by atoms with van der Waals surface area (Å²) in [5, 5.41) is 11.1. The molecule has 3 aromatic rings. The smallest absolute Gasteiger partial charge is 0.300 e. The van der Waals surface area contributed by atoms with Crippen molar-refractivity contribution in [3.63, 3.8) is 0 Å². The van der Waals surface area contributed by atoms with Gasteiger partial charge in [0.1, 0.15) is 17.3 Å². The van der Waals surface area contributed by atoms with Crippen LogP contribution in [0.1, 0.15) is 17.2 Å². The summed E-state index contributed by atoms with van der Waals surface area (Å²) in [4.78, 5) is 31.6. The van der Waals surface area contributed by atoms with Gasteiger partial charge in [0.2, 0.25) is 0 Å². The molecule has 4 rings (SSSR count). The third-order valence-corrected chi connectivity index (χ3v) is 5.15. The summed E-state index contributed by atoms with van der Waals surface area (Å²) in [6.07, 6.45) is 3.07. The molecule has 0 unspecified atom stereocenters. The van der Waals surface area contributed by atoms with Gasteiger partial charge in [-0.05, 0) is 24.3 Å². The summed E-state index contributed by atoms with van der Waals surface area (Å²) >= 11 is 0. The summed E-state index contributed by atoms with van der Waals surface area (Å²) in [6, 6.07) is 16.2. The number of methoxy groups -OCH3 is 2. The van der Waals surface area contributed by atoms with E-state index in [1.165, 1.54) is 25.3 Å². The Labute approximate surface area is 179 Å². The fourth-order valence-corrected chi connectivity index (χ4v) is 3.69. The Kier molecular flexibility index (Phi) is 5.41. The molecule has 1 fully saturated rings. The number of pyridine rings is 1. The molecule has 1 amide bonds. The first kappa shape index (κ1) is 20.2. The lowest BCUT2D eigenvalue weighted by Gasteiger charge is -2.26. The SMILES string of the molecule is COc1ccc([C@H]2C(=C(O)c3ccccc3)C(=O)C(=O)N2c2cccnc2)c(OC)c1. The molecule has 1 saturated heterocycles. The van der Waals surface area contributed by atoms with Crippen LogP contribution < -0.4 is 14.4 Å². The second-order valence-corrected chi connectivity index (χ2v) is 6.85. The van der Waals surface area contributed by atoms with E-state index >= 15 is 0 Å². The number of carbonyl (C=O) groups excluding carboxylic acids is 2. The largest absolute Gasteiger partial charge is 0.507 e. The Balaban J connectivity index is 1.99. The lowest BCUT2D eigenvalue weighted by molar-refractivity contribution is -0.132. The maximum absolute atomic E-state index is 13.1. The van der Waals surface area contributed by atoms with Crippen molar-refractivity contribution in [1.82, 2.24) is 4.98 Å². The third-order valence-electron chi connectivity index (χ3n) is 5.15. The van der Waals surface area contributed by atoms with Crippen LogP contribution in [0.5, 0.6) is 11.5 Å². The number of anilines is 1. The number of aliphatic hydroxyl groups is 1. The predicted molar refractivity (Wildman–Crippen MR) is 115 cm³/mol. The number of amides is 1. The minimum Gasteiger partial charge on any atom is -0.507 e. The van der Waals surface area contributed by atoms with E-state index in [4.69, 9.17) is 9.47 Å². The molecule has 31 heavy (non-hydrogen) atoms. The van der Waals surface area contributed by atoms with E-state index < -0.39 is 17.7 Å². The van der Waals surface area contributed by atoms with Crippen LogP contribution >= 0.6 is 0 Å². The Morgan fingerprint density at radius 2 is 1.77 bits per heavy atom. The standard InChI is InChI=1S/C24H20N2O5/c1-30-17-10-11-18(19(13-17)31-2)21-20(22(27)15-7-4-3-5-8-15)23(28)24(29)26(21)16-9-6-12-25-14-16/h3-14,21,27H,1-2H3/t21-/m0/s1. The quantitative estimate of drug-likeness (QED) is 0.387. The maximum Gasteiger partial charge on any atom is 0.300 e. The number of nitrogens with zero attached hydrogens (tertiary/aromatic N) is 2. The molecule has 1 aliphatic rings. The van der Waals surface area contributed by atoms with Gasteiger partial charge in [-0.25, -0.2) is 0 Å². The van der Waals surface area contributed by atoms with Crippen LogP contribution in [0.25, 0.3) is 5.76 Å². The summed E-state index contributed by atoms with van der Waals surface area (Å²) in [7, 11) is 3.03. The summed E-state index contributed by atoms with van der Waals surface area (Å²) in [5.74, 6) is -0.823. The van der Waals surface area contributed by atoms with Gasteiger partial charge in [-0.3, -0.25) is 19.5 Å². The molecular formula is C24H20N2O5. The van der Waals surface area contributed by atoms with Crippen LogP contribution in [0, 0.1) is 0 Å². The Bertz CT molecular complexity index is 1160. The average Bonchev–Trinajstić information content (AvgIpc) is 3.09. The van der Waals surface area contributed by atoms with Gasteiger partial charge in [-0.1, -0.05) is 30.3 Å². The van der Waals surface area contributed by atoms with Crippen LogP contribution in [0.2, 0.25) is 0 Å². The number of Topliss-reactive ketones (excluding diaryl/α,β-unsaturated/α-hetero) is 1. The van der Waals surface area contributed by atoms with Crippen molar-refractivity contribution in [3.8, 4) is 11.5 Å². The Hall–Kier alpha value is -4.13. The number of rotatable bonds is 5. The molecule has 7 nitrogen and oxygen atoms in total. The van der Waals surface area contributed by atoms with Gasteiger partial charge < -0.3 is 14.6 Å². The van der Waals surface area contributed by atoms with Crippen LogP contribution in [-0.4, -0.2) is 36.0 Å². The average molecular weight is 416 g/mol. The van der Waals surface area contributed by atoms with Crippen molar-refractivity contribution < 1.29 is 24.2 Å². The zero-order chi connectivity index (χ0) is 22.0. The van der Waals surface area contributed by atoms with E-state index in [0.29, 0.717) is 28.3 Å². The predicted octanol–water partition coefficient (Wildman–Crippen LogP) is 3.73. The van der Waals surface area contributed by atoms with Gasteiger partial charge in [0, 0.05) is 23.4 Å². The minimum atomic E-state index is -0.912. The number of hydrogen-bond acceptors (Lipinski definition) is 6. The van der Waals surface area contributed by atoms with E-state index in [0.717, 1.165) is 0 Å². The highest BCUT2D eigenvalue weighted by Gasteiger charge is 2.48. The number of ether oxygens (including phenoxy) is 2. The van der Waals surface area contributed by atoms with Gasteiger partial charge in [-0.15, -0.1) is 0 Å². The van der Waals surface area contributed by atoms with Crippen LogP contribution in [0.4, 0.5) is 5.69 Å². The summed E-state index contributed by atoms with van der Waals surface area (Å²) in [5.41, 5.74) is 1.37. The van der Waals surface area contributed by atoms with Crippen molar-refractivity contribution in [2.24, 2.45) is 0 Å². The first-order valence-corrected chi connectivity index (χ1v) is 9.55. The van der Waals surface area contributed by atoms with Crippen LogP contribution in [0.15, 0.2) is 78.6 Å². The topological polar surface area (TPSA) is 89.0 Å². The van der Waals surface area contributed by atoms with Crippen molar-refractivity contribution >= 4 is 23.1 Å². The molecule has 1 N–H and O–H groups in total. The first-order chi connectivity index (χ1) is 15.1. The molecule has 0 spiro atoms. The van der Waals surface area contributed by atoms with E-state index in [9.17, 15) is 14.7 Å². The van der Waals surface area contributed by atoms with E-state index in [1.807, 2.05) is 0 Å². The number of hydrogen-bond donors (Lipinski definition) is 1. The second kappa shape index (κ2) is 8.31. The molecule has 7 heteroatoms. The Morgan fingerprint density at radius 3 is 2.42 bits per heavy atom. The number of benzene rings is 2. The van der Waals surface area contributed by atoms with E-state index in [2.05, 4.69) is 4.98 Å². The number of carbonyl (C=O) groups is 2. The maximum atomic E-state index is 13.1. The molecule has 0 aliphatic carbocycles. The summed E-state index contributed by atoms with van der Waals surface area (Å²) < 4.78 is 10.8. The van der Waals surface area contributed by atoms with Gasteiger partial charge in [0.05, 0.1) is 37.7 Å². The van der Waals surface area contributed by atoms with E-state index in [-0.39, 0.29) is 11.3 Å². The third kappa shape index (κ3) is 3.50. The molecule has 0 radical (unpaired) electrons. The lowest BCUT2D eigenvalue weighted by atomic mass is 9.94. The minimum absolute atomic E-state index is 0.0245. The number of ketones is 1. The fourth-order valence-electron chi connectivity index (χ4n) is 3.69. The van der Waals surface area contributed by atoms with Gasteiger partial charge in [-0.2, -0.15) is 0 Å². The van der Waals surface area contributed by atoms with Gasteiger partial charge in [0.25, 0.3) is 11.7 Å². The molecule has 1 aromatic heterocycles. The molecule has 2 aromatic carbocycles. The van der Waals surface area contributed by atoms with Crippen molar-refractivity contribution in [2.45, 2.75) is 6.04 Å². The molecule has 1 aliphatic heterocycles. The van der Waals surface area contributed by atoms with Gasteiger partial charge >= 0.3 is 0 Å².